The monoisotopic (exact) mass is 288 g/mol. The molecule has 4 heteroatoms. The molecule has 0 fully saturated rings. The van der Waals surface area contributed by atoms with Gasteiger partial charge >= 0.3 is 0 Å². The maximum absolute atomic E-state index is 11.8. The molecule has 0 aromatic heterocycles. The lowest BCUT2D eigenvalue weighted by molar-refractivity contribution is -0.121. The van der Waals surface area contributed by atoms with Crippen molar-refractivity contribution in [2.24, 2.45) is 5.92 Å². The Labute approximate surface area is 127 Å². The zero-order valence-electron chi connectivity index (χ0n) is 13.1. The predicted molar refractivity (Wildman–Crippen MR) is 82.9 cm³/mol. The largest absolute Gasteiger partial charge is 0.494 e. The zero-order chi connectivity index (χ0) is 15.7. The van der Waals surface area contributed by atoms with Gasteiger partial charge in [0.1, 0.15) is 11.8 Å². The van der Waals surface area contributed by atoms with Crippen LogP contribution in [0.1, 0.15) is 39.2 Å². The van der Waals surface area contributed by atoms with Crippen LogP contribution in [-0.2, 0) is 11.2 Å². The standard InChI is InChI=1S/C17H24N2O2/c1-4-21-16-8-5-14(6-9-16)7-10-17(20)19-15(12-18)11-13(2)3/h5-6,8-9,13,15H,4,7,10-11H2,1-3H3,(H,19,20). The van der Waals surface area contributed by atoms with Crippen molar-refractivity contribution in [3.8, 4) is 11.8 Å². The average Bonchev–Trinajstić information content (AvgIpc) is 2.45. The van der Waals surface area contributed by atoms with Crippen LogP contribution in [0.3, 0.4) is 0 Å². The first-order chi connectivity index (χ1) is 10.0. The van der Waals surface area contributed by atoms with E-state index in [9.17, 15) is 4.79 Å². The van der Waals surface area contributed by atoms with E-state index < -0.39 is 6.04 Å². The maximum atomic E-state index is 11.8. The fourth-order valence-electron chi connectivity index (χ4n) is 2.06. The number of hydrogen-bond acceptors (Lipinski definition) is 3. The Morgan fingerprint density at radius 3 is 2.52 bits per heavy atom. The summed E-state index contributed by atoms with van der Waals surface area (Å²) < 4.78 is 5.38. The third-order valence-electron chi connectivity index (χ3n) is 3.07. The molecule has 1 aromatic carbocycles. The van der Waals surface area contributed by atoms with Crippen LogP contribution < -0.4 is 10.1 Å². The smallest absolute Gasteiger partial charge is 0.221 e. The Bertz CT molecular complexity index is 475. The van der Waals surface area contributed by atoms with E-state index in [0.29, 0.717) is 31.8 Å². The molecule has 1 aromatic rings. The molecule has 1 amide bonds. The van der Waals surface area contributed by atoms with Crippen molar-refractivity contribution in [2.45, 2.75) is 46.1 Å². The van der Waals surface area contributed by atoms with Crippen LogP contribution in [0.2, 0.25) is 0 Å². The van der Waals surface area contributed by atoms with Crippen LogP contribution in [-0.4, -0.2) is 18.6 Å². The van der Waals surface area contributed by atoms with E-state index in [1.165, 1.54) is 0 Å². The number of ether oxygens (including phenoxy) is 1. The van der Waals surface area contributed by atoms with E-state index in [1.807, 2.05) is 45.0 Å². The molecule has 1 atom stereocenters. The van der Waals surface area contributed by atoms with Crippen molar-refractivity contribution >= 4 is 5.91 Å². The lowest BCUT2D eigenvalue weighted by Gasteiger charge is -2.13. The summed E-state index contributed by atoms with van der Waals surface area (Å²) >= 11 is 0. The Balaban J connectivity index is 2.40. The molecular formula is C17H24N2O2. The van der Waals surface area contributed by atoms with Crippen LogP contribution >= 0.6 is 0 Å². The molecular weight excluding hydrogens is 264 g/mol. The topological polar surface area (TPSA) is 62.1 Å². The van der Waals surface area contributed by atoms with E-state index in [0.717, 1.165) is 11.3 Å². The number of nitrogens with zero attached hydrogens (tertiary/aromatic N) is 1. The van der Waals surface area contributed by atoms with Gasteiger partial charge in [0.05, 0.1) is 12.7 Å². The first-order valence-corrected chi connectivity index (χ1v) is 7.45. The van der Waals surface area contributed by atoms with Crippen molar-refractivity contribution < 1.29 is 9.53 Å². The molecule has 0 heterocycles. The summed E-state index contributed by atoms with van der Waals surface area (Å²) in [5.41, 5.74) is 1.09. The molecule has 1 rings (SSSR count). The Morgan fingerprint density at radius 1 is 1.33 bits per heavy atom. The van der Waals surface area contributed by atoms with Gasteiger partial charge in [0, 0.05) is 6.42 Å². The molecule has 0 bridgehead atoms. The van der Waals surface area contributed by atoms with Gasteiger partial charge in [-0.15, -0.1) is 0 Å². The highest BCUT2D eigenvalue weighted by Gasteiger charge is 2.12. The predicted octanol–water partition coefficient (Wildman–Crippen LogP) is 3.07. The van der Waals surface area contributed by atoms with E-state index in [-0.39, 0.29) is 5.91 Å². The third-order valence-corrected chi connectivity index (χ3v) is 3.07. The second-order valence-electron chi connectivity index (χ2n) is 5.46. The van der Waals surface area contributed by atoms with Crippen molar-refractivity contribution in [1.29, 1.82) is 5.26 Å². The number of carbonyl (C=O) groups is 1. The number of benzene rings is 1. The number of carbonyl (C=O) groups excluding carboxylic acids is 1. The average molecular weight is 288 g/mol. The fourth-order valence-corrected chi connectivity index (χ4v) is 2.06. The fraction of sp³-hybridized carbons (Fsp3) is 0.529. The van der Waals surface area contributed by atoms with Crippen molar-refractivity contribution in [3.05, 3.63) is 29.8 Å². The molecule has 0 saturated heterocycles. The molecule has 1 N–H and O–H groups in total. The molecule has 0 aliphatic heterocycles. The molecule has 114 valence electrons. The van der Waals surface area contributed by atoms with Gasteiger partial charge in [-0.25, -0.2) is 0 Å². The first-order valence-electron chi connectivity index (χ1n) is 7.45. The first kappa shape index (κ1) is 17.0. The van der Waals surface area contributed by atoms with Gasteiger partial charge in [-0.2, -0.15) is 5.26 Å². The van der Waals surface area contributed by atoms with Crippen molar-refractivity contribution in [3.63, 3.8) is 0 Å². The van der Waals surface area contributed by atoms with Crippen LogP contribution in [0.4, 0.5) is 0 Å². The summed E-state index contributed by atoms with van der Waals surface area (Å²) in [5, 5.41) is 11.8. The van der Waals surface area contributed by atoms with E-state index in [2.05, 4.69) is 11.4 Å². The Hall–Kier alpha value is -2.02. The second kappa shape index (κ2) is 9.02. The quantitative estimate of drug-likeness (QED) is 0.799. The SMILES string of the molecule is CCOc1ccc(CCC(=O)NC(C#N)CC(C)C)cc1. The number of hydrogen-bond donors (Lipinski definition) is 1. The molecule has 21 heavy (non-hydrogen) atoms. The summed E-state index contributed by atoms with van der Waals surface area (Å²) in [4.78, 5) is 11.8. The lowest BCUT2D eigenvalue weighted by atomic mass is 10.0. The van der Waals surface area contributed by atoms with Gasteiger partial charge in [0.2, 0.25) is 5.91 Å². The number of rotatable bonds is 8. The minimum atomic E-state index is -0.391. The van der Waals surface area contributed by atoms with Gasteiger partial charge in [-0.05, 0) is 43.4 Å². The molecule has 0 aliphatic carbocycles. The molecule has 4 nitrogen and oxygen atoms in total. The third kappa shape index (κ3) is 6.80. The minimum Gasteiger partial charge on any atom is -0.494 e. The van der Waals surface area contributed by atoms with Crippen LogP contribution in [0.25, 0.3) is 0 Å². The van der Waals surface area contributed by atoms with Crippen LogP contribution in [0, 0.1) is 17.2 Å². The van der Waals surface area contributed by atoms with E-state index >= 15 is 0 Å². The summed E-state index contributed by atoms with van der Waals surface area (Å²) in [6, 6.07) is 9.50. The highest BCUT2D eigenvalue weighted by Crippen LogP contribution is 2.13. The molecule has 1 unspecified atom stereocenters. The number of aryl methyl sites for hydroxylation is 1. The number of nitrogens with one attached hydrogen (secondary N) is 1. The van der Waals surface area contributed by atoms with Crippen LogP contribution in [0.15, 0.2) is 24.3 Å². The van der Waals surface area contributed by atoms with E-state index in [4.69, 9.17) is 10.00 Å². The van der Waals surface area contributed by atoms with Crippen molar-refractivity contribution in [1.82, 2.24) is 5.32 Å². The summed E-state index contributed by atoms with van der Waals surface area (Å²) in [7, 11) is 0. The van der Waals surface area contributed by atoms with Gasteiger partial charge in [0.25, 0.3) is 0 Å². The normalized spacial score (nSPS) is 11.8. The van der Waals surface area contributed by atoms with Crippen LogP contribution in [0.5, 0.6) is 5.75 Å². The molecule has 0 spiro atoms. The molecule has 0 radical (unpaired) electrons. The molecule has 0 aliphatic rings. The summed E-state index contributed by atoms with van der Waals surface area (Å²) in [5.74, 6) is 1.16. The van der Waals surface area contributed by atoms with Gasteiger partial charge in [-0.1, -0.05) is 26.0 Å². The second-order valence-corrected chi connectivity index (χ2v) is 5.46. The highest BCUT2D eigenvalue weighted by molar-refractivity contribution is 5.76. The zero-order valence-corrected chi connectivity index (χ0v) is 13.1. The summed E-state index contributed by atoms with van der Waals surface area (Å²) in [6.45, 7) is 6.67. The number of nitriles is 1. The van der Waals surface area contributed by atoms with Gasteiger partial charge in [0.15, 0.2) is 0 Å². The Morgan fingerprint density at radius 2 is 2.00 bits per heavy atom. The van der Waals surface area contributed by atoms with E-state index in [1.54, 1.807) is 0 Å². The Kier molecular flexibility index (Phi) is 7.31. The van der Waals surface area contributed by atoms with Gasteiger partial charge in [-0.3, -0.25) is 4.79 Å². The van der Waals surface area contributed by atoms with Crippen molar-refractivity contribution in [2.75, 3.05) is 6.61 Å². The highest BCUT2D eigenvalue weighted by atomic mass is 16.5. The lowest BCUT2D eigenvalue weighted by Crippen LogP contribution is -2.34. The molecule has 0 saturated carbocycles. The van der Waals surface area contributed by atoms with Gasteiger partial charge < -0.3 is 10.1 Å². The number of amides is 1. The maximum Gasteiger partial charge on any atom is 0.221 e. The summed E-state index contributed by atoms with van der Waals surface area (Å²) in [6.07, 6.45) is 1.74. The minimum absolute atomic E-state index is 0.0731.